The Morgan fingerprint density at radius 3 is 2.54 bits per heavy atom. The van der Waals surface area contributed by atoms with Crippen LogP contribution in [-0.4, -0.2) is 31.8 Å². The number of hydrogen-bond acceptors (Lipinski definition) is 5. The normalized spacial score (nSPS) is 19.9. The Morgan fingerprint density at radius 1 is 1.21 bits per heavy atom. The van der Waals surface area contributed by atoms with E-state index in [4.69, 9.17) is 9.47 Å². The number of benzene rings is 1. The summed E-state index contributed by atoms with van der Waals surface area (Å²) in [7, 11) is 2.83. The quantitative estimate of drug-likeness (QED) is 0.471. The van der Waals surface area contributed by atoms with Gasteiger partial charge in [0.25, 0.3) is 0 Å². The van der Waals surface area contributed by atoms with Crippen LogP contribution in [0.5, 0.6) is 5.75 Å². The first-order valence-corrected chi connectivity index (χ1v) is 7.78. The van der Waals surface area contributed by atoms with Crippen LogP contribution in [0.25, 0.3) is 0 Å². The van der Waals surface area contributed by atoms with Crippen LogP contribution >= 0.6 is 0 Å². The van der Waals surface area contributed by atoms with E-state index >= 15 is 0 Å². The Balaban J connectivity index is 0.00000139. The maximum absolute atomic E-state index is 12.3. The second-order valence-electron chi connectivity index (χ2n) is 5.56. The van der Waals surface area contributed by atoms with Crippen molar-refractivity contribution in [1.29, 1.82) is 0 Å². The van der Waals surface area contributed by atoms with Gasteiger partial charge in [0.05, 0.1) is 14.2 Å². The van der Waals surface area contributed by atoms with E-state index in [0.29, 0.717) is 6.42 Å². The number of aryl methyl sites for hydroxylation is 1. The van der Waals surface area contributed by atoms with E-state index < -0.39 is 11.4 Å². The molecule has 0 spiro atoms. The molecule has 0 heterocycles. The van der Waals surface area contributed by atoms with Gasteiger partial charge in [0.15, 0.2) is 5.78 Å². The summed E-state index contributed by atoms with van der Waals surface area (Å²) in [6, 6.07) is 7.45. The molecule has 1 unspecified atom stereocenters. The Hall–Kier alpha value is -2.43. The van der Waals surface area contributed by atoms with Crippen molar-refractivity contribution in [2.75, 3.05) is 14.2 Å². The van der Waals surface area contributed by atoms with Gasteiger partial charge in [-0.05, 0) is 30.5 Å². The molecule has 5 heteroatoms. The smallest absolute Gasteiger partial charge is 0.319 e. The van der Waals surface area contributed by atoms with Crippen LogP contribution in [0.2, 0.25) is 0 Å². The number of carbonyl (C=O) groups is 3. The molecule has 130 valence electrons. The van der Waals surface area contributed by atoms with Crippen LogP contribution in [0.1, 0.15) is 31.2 Å². The van der Waals surface area contributed by atoms with Gasteiger partial charge in [-0.15, -0.1) is 13.2 Å². The number of hydrogen-bond donors (Lipinski definition) is 0. The summed E-state index contributed by atoms with van der Waals surface area (Å²) in [5.74, 6) is -0.137. The van der Waals surface area contributed by atoms with Crippen molar-refractivity contribution in [3.63, 3.8) is 0 Å². The molecule has 0 amide bonds. The molecule has 1 aromatic rings. The van der Waals surface area contributed by atoms with Crippen LogP contribution in [0, 0.1) is 5.41 Å². The number of carbonyl (C=O) groups excluding carboxylic acids is 3. The summed E-state index contributed by atoms with van der Waals surface area (Å²) in [5.41, 5.74) is -0.374. The zero-order chi connectivity index (χ0) is 18.2. The van der Waals surface area contributed by atoms with E-state index in [9.17, 15) is 14.4 Å². The first-order chi connectivity index (χ1) is 11.5. The van der Waals surface area contributed by atoms with Crippen molar-refractivity contribution in [2.45, 2.75) is 32.1 Å². The average molecular weight is 332 g/mol. The zero-order valence-corrected chi connectivity index (χ0v) is 14.3. The molecule has 1 aliphatic rings. The van der Waals surface area contributed by atoms with Gasteiger partial charge in [-0.25, -0.2) is 0 Å². The molecule has 0 radical (unpaired) electrons. The number of esters is 1. The molecule has 1 fully saturated rings. The van der Waals surface area contributed by atoms with Crippen LogP contribution in [-0.2, 0) is 25.5 Å². The largest absolute Gasteiger partial charge is 0.497 e. The van der Waals surface area contributed by atoms with Crippen molar-refractivity contribution in [2.24, 2.45) is 5.41 Å². The van der Waals surface area contributed by atoms with E-state index in [2.05, 4.69) is 13.2 Å². The highest BCUT2D eigenvalue weighted by Crippen LogP contribution is 2.37. The van der Waals surface area contributed by atoms with E-state index in [1.807, 2.05) is 24.3 Å². The topological polar surface area (TPSA) is 69.7 Å². The molecule has 0 aliphatic heterocycles. The lowest BCUT2D eigenvalue weighted by Crippen LogP contribution is -2.45. The predicted octanol–water partition coefficient (Wildman–Crippen LogP) is 2.91. The maximum Gasteiger partial charge on any atom is 0.319 e. The number of ether oxygens (including phenoxy) is 2. The number of Topliss-reactive ketones (excluding diaryl/α,β-unsaturated/α-hetero) is 2. The lowest BCUT2D eigenvalue weighted by Gasteiger charge is -2.32. The van der Waals surface area contributed by atoms with E-state index in [0.717, 1.165) is 11.3 Å². The van der Waals surface area contributed by atoms with Crippen molar-refractivity contribution in [3.05, 3.63) is 43.0 Å². The van der Waals surface area contributed by atoms with Crippen molar-refractivity contribution in [1.82, 2.24) is 0 Å². The highest BCUT2D eigenvalue weighted by Gasteiger charge is 2.49. The van der Waals surface area contributed by atoms with E-state index in [1.165, 1.54) is 7.11 Å². The van der Waals surface area contributed by atoms with Gasteiger partial charge >= 0.3 is 5.97 Å². The first-order valence-electron chi connectivity index (χ1n) is 7.78. The summed E-state index contributed by atoms with van der Waals surface area (Å²) in [4.78, 5) is 36.3. The molecule has 1 atom stereocenters. The van der Waals surface area contributed by atoms with Crippen LogP contribution in [0.4, 0.5) is 0 Å². The second kappa shape index (κ2) is 9.01. The molecule has 0 bridgehead atoms. The van der Waals surface area contributed by atoms with Crippen LogP contribution in [0.15, 0.2) is 37.4 Å². The zero-order valence-electron chi connectivity index (χ0n) is 14.3. The Labute approximate surface area is 142 Å². The molecule has 0 saturated heterocycles. The Kier molecular flexibility index (Phi) is 7.36. The molecule has 0 N–H and O–H groups in total. The summed E-state index contributed by atoms with van der Waals surface area (Å²) >= 11 is 0. The molecular formula is C19H24O5. The predicted molar refractivity (Wildman–Crippen MR) is 90.9 cm³/mol. The van der Waals surface area contributed by atoms with Crippen LogP contribution < -0.4 is 4.74 Å². The second-order valence-corrected chi connectivity index (χ2v) is 5.56. The van der Waals surface area contributed by atoms with Crippen molar-refractivity contribution >= 4 is 17.5 Å². The van der Waals surface area contributed by atoms with E-state index in [1.54, 1.807) is 7.11 Å². The fourth-order valence-electron chi connectivity index (χ4n) is 2.91. The summed E-state index contributed by atoms with van der Waals surface area (Å²) < 4.78 is 9.97. The molecule has 1 aliphatic carbocycles. The van der Waals surface area contributed by atoms with Crippen LogP contribution in [0.3, 0.4) is 0 Å². The minimum Gasteiger partial charge on any atom is -0.497 e. The minimum atomic E-state index is -1.33. The molecular weight excluding hydrogens is 308 g/mol. The lowest BCUT2D eigenvalue weighted by molar-refractivity contribution is -0.163. The number of rotatable bonds is 5. The summed E-state index contributed by atoms with van der Waals surface area (Å²) in [6.45, 7) is 6.00. The molecule has 1 aromatic carbocycles. The third kappa shape index (κ3) is 4.31. The first kappa shape index (κ1) is 19.6. The maximum atomic E-state index is 12.3. The standard InChI is InChI=1S/C17H20O5.C2H4/c1-21-14-5-3-4-12(10-14)8-9-17(16(20)22-2)11-13(18)6-7-15(17)19;1-2/h3-5,10H,6-9,11H2,1-2H3;1-2H2. The molecule has 24 heavy (non-hydrogen) atoms. The van der Waals surface area contributed by atoms with Crippen molar-refractivity contribution < 1.29 is 23.9 Å². The van der Waals surface area contributed by atoms with Crippen molar-refractivity contribution in [3.8, 4) is 5.75 Å². The molecule has 2 rings (SSSR count). The molecule has 0 aromatic heterocycles. The van der Waals surface area contributed by atoms with Gasteiger partial charge in [0.1, 0.15) is 16.9 Å². The fourth-order valence-corrected chi connectivity index (χ4v) is 2.91. The number of ketones is 2. The van der Waals surface area contributed by atoms with E-state index in [-0.39, 0.29) is 37.2 Å². The third-order valence-corrected chi connectivity index (χ3v) is 4.21. The fraction of sp³-hybridized carbons (Fsp3) is 0.421. The van der Waals surface area contributed by atoms with Gasteiger partial charge < -0.3 is 9.47 Å². The highest BCUT2D eigenvalue weighted by molar-refractivity contribution is 6.10. The monoisotopic (exact) mass is 332 g/mol. The van der Waals surface area contributed by atoms with Gasteiger partial charge in [-0.1, -0.05) is 12.1 Å². The lowest BCUT2D eigenvalue weighted by atomic mass is 9.69. The molecule has 1 saturated carbocycles. The number of methoxy groups -OCH3 is 2. The van der Waals surface area contributed by atoms with Gasteiger partial charge in [-0.2, -0.15) is 0 Å². The minimum absolute atomic E-state index is 0.0531. The molecule has 5 nitrogen and oxygen atoms in total. The van der Waals surface area contributed by atoms with Gasteiger partial charge in [0.2, 0.25) is 0 Å². The average Bonchev–Trinajstić information content (AvgIpc) is 2.63. The highest BCUT2D eigenvalue weighted by atomic mass is 16.5. The summed E-state index contributed by atoms with van der Waals surface area (Å²) in [5, 5.41) is 0. The Bertz CT molecular complexity index is 598. The Morgan fingerprint density at radius 2 is 1.92 bits per heavy atom. The summed E-state index contributed by atoms with van der Waals surface area (Å²) in [6.07, 6.45) is 1.06. The van der Waals surface area contributed by atoms with Gasteiger partial charge in [-0.3, -0.25) is 14.4 Å². The SMILES string of the molecule is C=C.COC(=O)C1(CCc2cccc(OC)c2)CC(=O)CCC1=O. The van der Waals surface area contributed by atoms with Gasteiger partial charge in [0, 0.05) is 19.3 Å². The third-order valence-electron chi connectivity index (χ3n) is 4.21.